The van der Waals surface area contributed by atoms with Gasteiger partial charge in [0.1, 0.15) is 23.2 Å². The molecular weight excluding hydrogens is 608 g/mol. The lowest BCUT2D eigenvalue weighted by Crippen LogP contribution is -2.69. The number of phenolic OH excluding ortho intramolecular Hbond substituents is 2. The number of carbonyl (C=O) groups is 7. The molecule has 44 heavy (non-hydrogen) atoms. The summed E-state index contributed by atoms with van der Waals surface area (Å²) in [6, 6.07) is -0.900. The topological polar surface area (TPSA) is 255 Å². The van der Waals surface area contributed by atoms with Crippen LogP contribution in [-0.2, 0) is 33.5 Å². The lowest BCUT2D eigenvalue weighted by molar-refractivity contribution is -0.154. The van der Waals surface area contributed by atoms with Crippen LogP contribution < -0.4 is 16.1 Å². The Bertz CT molecular complexity index is 1470. The summed E-state index contributed by atoms with van der Waals surface area (Å²) in [7, 11) is 0. The molecule has 6 amide bonds. The molecule has 0 spiro atoms. The summed E-state index contributed by atoms with van der Waals surface area (Å²) < 4.78 is 5.22. The number of hydrogen-bond acceptors (Lipinski definition) is 13. The summed E-state index contributed by atoms with van der Waals surface area (Å²) in [5, 5.41) is 42.8. The average Bonchev–Trinajstić information content (AvgIpc) is 2.97. The third-order valence-electron chi connectivity index (χ3n) is 7.01. The number of carboxylic acids is 1. The fraction of sp³-hybridized carbons (Fsp3) is 0.400. The van der Waals surface area contributed by atoms with E-state index < -0.39 is 82.5 Å². The third kappa shape index (κ3) is 5.96. The van der Waals surface area contributed by atoms with Gasteiger partial charge < -0.3 is 40.8 Å². The van der Waals surface area contributed by atoms with Crippen molar-refractivity contribution in [3.05, 3.63) is 35.0 Å². The van der Waals surface area contributed by atoms with Gasteiger partial charge in [0.15, 0.2) is 11.5 Å². The number of benzene rings is 1. The van der Waals surface area contributed by atoms with Crippen molar-refractivity contribution >= 4 is 53.4 Å². The standard InChI is InChI=1S/C25H28N6O12S/c1-3-29-6-7-30(22(38)21(29)37)25(41)26-15(11-4-5-13(33)14(34)8-11)18(35)27-19(43-10(2)32)12-9-44-23-16(28-42)20(36)31(23)17(12)24(39)40/h4-5,8,15-16,19,23,28,33-34,42H,3,6-7,9H2,1-2H3,(H,26,41)(H,27,35)(H,39,40)/t15?,16-,19?,23+/m0/s1. The van der Waals surface area contributed by atoms with E-state index in [1.165, 1.54) is 4.90 Å². The molecule has 0 bridgehead atoms. The van der Waals surface area contributed by atoms with E-state index in [-0.39, 0.29) is 36.5 Å². The number of fused-ring (bicyclic) bond motifs is 1. The van der Waals surface area contributed by atoms with Crippen LogP contribution in [-0.4, -0.2) is 120 Å². The Labute approximate surface area is 252 Å². The molecule has 0 aromatic heterocycles. The number of ether oxygens (including phenoxy) is 1. The minimum Gasteiger partial charge on any atom is -0.504 e. The molecule has 0 radical (unpaired) electrons. The molecule has 4 rings (SSSR count). The van der Waals surface area contributed by atoms with Gasteiger partial charge in [-0.1, -0.05) is 6.07 Å². The number of thioether (sulfide) groups is 1. The smallest absolute Gasteiger partial charge is 0.352 e. The van der Waals surface area contributed by atoms with E-state index in [0.717, 1.165) is 41.8 Å². The third-order valence-corrected chi connectivity index (χ3v) is 8.31. The van der Waals surface area contributed by atoms with Gasteiger partial charge in [0.2, 0.25) is 12.1 Å². The highest BCUT2D eigenvalue weighted by Crippen LogP contribution is 2.41. The Morgan fingerprint density at radius 3 is 2.36 bits per heavy atom. The quantitative estimate of drug-likeness (QED) is 0.0392. The van der Waals surface area contributed by atoms with E-state index in [0.29, 0.717) is 4.90 Å². The van der Waals surface area contributed by atoms with Gasteiger partial charge in [-0.3, -0.25) is 33.8 Å². The molecule has 0 aliphatic carbocycles. The number of amides is 6. The number of aromatic hydroxyl groups is 2. The van der Waals surface area contributed by atoms with Gasteiger partial charge in [0, 0.05) is 37.9 Å². The number of imide groups is 1. The number of likely N-dealkylation sites (N-methyl/N-ethyl adjacent to an activating group) is 1. The number of β-lactam (4-membered cyclic amide) rings is 1. The highest BCUT2D eigenvalue weighted by molar-refractivity contribution is 8.00. The lowest BCUT2D eigenvalue weighted by atomic mass is 10.0. The summed E-state index contributed by atoms with van der Waals surface area (Å²) in [5.41, 5.74) is 0.872. The Hall–Kier alpha value is -4.88. The van der Waals surface area contributed by atoms with E-state index in [1.54, 1.807) is 12.4 Å². The number of urea groups is 1. The molecular formula is C25H28N6O12S. The molecule has 18 nitrogen and oxygen atoms in total. The molecule has 1 aromatic rings. The van der Waals surface area contributed by atoms with Crippen LogP contribution in [0.5, 0.6) is 11.5 Å². The second-order valence-corrected chi connectivity index (χ2v) is 10.8. The zero-order valence-electron chi connectivity index (χ0n) is 23.2. The van der Waals surface area contributed by atoms with Crippen molar-refractivity contribution in [3.63, 3.8) is 0 Å². The van der Waals surface area contributed by atoms with Crippen molar-refractivity contribution < 1.29 is 58.8 Å². The van der Waals surface area contributed by atoms with Crippen LogP contribution in [0.25, 0.3) is 0 Å². The number of phenols is 2. The monoisotopic (exact) mass is 636 g/mol. The van der Waals surface area contributed by atoms with Crippen LogP contribution >= 0.6 is 11.8 Å². The number of nitrogens with one attached hydrogen (secondary N) is 3. The fourth-order valence-electron chi connectivity index (χ4n) is 4.79. The van der Waals surface area contributed by atoms with Crippen molar-refractivity contribution in [1.29, 1.82) is 0 Å². The van der Waals surface area contributed by atoms with Crippen molar-refractivity contribution in [2.45, 2.75) is 37.5 Å². The van der Waals surface area contributed by atoms with Crippen LogP contribution in [0.2, 0.25) is 0 Å². The van der Waals surface area contributed by atoms with Gasteiger partial charge in [0.25, 0.3) is 5.91 Å². The maximum Gasteiger partial charge on any atom is 0.352 e. The highest BCUT2D eigenvalue weighted by atomic mass is 32.2. The molecule has 2 unspecified atom stereocenters. The van der Waals surface area contributed by atoms with Crippen molar-refractivity contribution in [3.8, 4) is 11.5 Å². The Morgan fingerprint density at radius 2 is 1.77 bits per heavy atom. The van der Waals surface area contributed by atoms with Crippen LogP contribution in [0.1, 0.15) is 25.5 Å². The number of carboxylic acid groups (broad SMARTS) is 1. The van der Waals surface area contributed by atoms with E-state index in [2.05, 4.69) is 10.6 Å². The summed E-state index contributed by atoms with van der Waals surface area (Å²) in [4.78, 5) is 91.2. The average molecular weight is 637 g/mol. The summed E-state index contributed by atoms with van der Waals surface area (Å²) in [6.45, 7) is 2.69. The number of hydrogen-bond donors (Lipinski definition) is 7. The molecule has 7 N–H and O–H groups in total. The van der Waals surface area contributed by atoms with Crippen molar-refractivity contribution in [2.75, 3.05) is 25.4 Å². The SMILES string of the molecule is CCN1CCN(C(=O)NC(C(=O)NC(OC(C)=O)C2=C(C(=O)O)N3C(=O)[C@H](NO)[C@H]3SC2)c2ccc(O)c(O)c2)C(=O)C1=O. The molecule has 3 heterocycles. The number of nitrogens with zero attached hydrogens (tertiary/aromatic N) is 3. The predicted octanol–water partition coefficient (Wildman–Crippen LogP) is -1.85. The maximum atomic E-state index is 13.7. The Kier molecular flexibility index (Phi) is 9.30. The first kappa shape index (κ1) is 32.0. The summed E-state index contributed by atoms with van der Waals surface area (Å²) >= 11 is 1.01. The molecule has 4 atom stereocenters. The van der Waals surface area contributed by atoms with E-state index in [9.17, 15) is 54.1 Å². The zero-order chi connectivity index (χ0) is 32.5. The summed E-state index contributed by atoms with van der Waals surface area (Å²) in [6.07, 6.45) is -1.78. The Balaban J connectivity index is 1.67. The maximum absolute atomic E-state index is 13.7. The van der Waals surface area contributed by atoms with Crippen LogP contribution in [0.4, 0.5) is 4.79 Å². The Morgan fingerprint density at radius 1 is 1.07 bits per heavy atom. The second kappa shape index (κ2) is 12.8. The number of hydroxylamine groups is 1. The first-order valence-electron chi connectivity index (χ1n) is 13.0. The van der Waals surface area contributed by atoms with Crippen LogP contribution in [0.15, 0.2) is 29.5 Å². The molecule has 0 saturated carbocycles. The number of aliphatic carboxylic acids is 1. The molecule has 2 saturated heterocycles. The largest absolute Gasteiger partial charge is 0.504 e. The number of piperazine rings is 1. The first-order chi connectivity index (χ1) is 20.8. The van der Waals surface area contributed by atoms with Gasteiger partial charge in [-0.15, -0.1) is 11.8 Å². The van der Waals surface area contributed by atoms with Gasteiger partial charge in [-0.25, -0.2) is 9.59 Å². The van der Waals surface area contributed by atoms with Gasteiger partial charge in [-0.05, 0) is 24.6 Å². The molecule has 236 valence electrons. The molecule has 2 fully saturated rings. The van der Waals surface area contributed by atoms with Gasteiger partial charge in [0.05, 0.1) is 0 Å². The normalized spacial score (nSPS) is 21.2. The molecule has 3 aliphatic heterocycles. The number of carbonyl (C=O) groups excluding carboxylic acids is 6. The first-order valence-corrected chi connectivity index (χ1v) is 14.1. The number of esters is 1. The molecule has 1 aromatic carbocycles. The number of rotatable bonds is 9. The van der Waals surface area contributed by atoms with Crippen molar-refractivity contribution in [2.24, 2.45) is 0 Å². The predicted molar refractivity (Wildman–Crippen MR) is 145 cm³/mol. The summed E-state index contributed by atoms with van der Waals surface area (Å²) in [5.74, 6) is -7.98. The van der Waals surface area contributed by atoms with E-state index in [1.807, 2.05) is 0 Å². The lowest BCUT2D eigenvalue weighted by Gasteiger charge is -2.49. The van der Waals surface area contributed by atoms with Crippen LogP contribution in [0.3, 0.4) is 0 Å². The highest BCUT2D eigenvalue weighted by Gasteiger charge is 2.54. The minimum atomic E-state index is -1.78. The van der Waals surface area contributed by atoms with Gasteiger partial charge >= 0.3 is 29.8 Å². The van der Waals surface area contributed by atoms with Gasteiger partial charge in [-0.2, -0.15) is 5.48 Å². The zero-order valence-corrected chi connectivity index (χ0v) is 24.0. The second-order valence-electron chi connectivity index (χ2n) is 9.67. The fourth-order valence-corrected chi connectivity index (χ4v) is 6.15. The molecule has 19 heteroatoms. The van der Waals surface area contributed by atoms with Crippen LogP contribution in [0, 0.1) is 0 Å². The molecule has 3 aliphatic rings. The van der Waals surface area contributed by atoms with E-state index >= 15 is 0 Å². The minimum absolute atomic E-state index is 0.0343. The van der Waals surface area contributed by atoms with Crippen molar-refractivity contribution in [1.82, 2.24) is 30.8 Å². The van der Waals surface area contributed by atoms with E-state index in [4.69, 9.17) is 4.74 Å².